The van der Waals surface area contributed by atoms with E-state index in [1.165, 1.54) is 17.4 Å². The molecule has 2 N–H and O–H groups in total. The zero-order chi connectivity index (χ0) is 14.2. The Hall–Kier alpha value is -1.27. The highest BCUT2D eigenvalue weighted by Crippen LogP contribution is 2.33. The molecule has 0 saturated carbocycles. The first-order valence-electron chi connectivity index (χ1n) is 5.35. The standard InChI is InChI=1S/C12H10ClF3N2S/c1-6-10(19-11(17)18-6)5-7-4-8(12(14,15)16)2-3-9(7)13/h2-4H,5H2,1H3,(H2,17,18). The number of rotatable bonds is 2. The van der Waals surface area contributed by atoms with Crippen molar-refractivity contribution in [2.24, 2.45) is 0 Å². The number of halogens is 4. The maximum Gasteiger partial charge on any atom is 0.416 e. The average Bonchev–Trinajstić information content (AvgIpc) is 2.59. The van der Waals surface area contributed by atoms with Crippen molar-refractivity contribution in [3.63, 3.8) is 0 Å². The monoisotopic (exact) mass is 306 g/mol. The van der Waals surface area contributed by atoms with Gasteiger partial charge >= 0.3 is 6.18 Å². The second kappa shape index (κ2) is 5.02. The van der Waals surface area contributed by atoms with Crippen molar-refractivity contribution in [2.75, 3.05) is 5.73 Å². The molecule has 1 heterocycles. The molecule has 0 radical (unpaired) electrons. The summed E-state index contributed by atoms with van der Waals surface area (Å²) < 4.78 is 37.9. The number of hydrogen-bond donors (Lipinski definition) is 1. The Morgan fingerprint density at radius 3 is 2.58 bits per heavy atom. The molecule has 0 amide bonds. The molecule has 2 aromatic rings. The zero-order valence-corrected chi connectivity index (χ0v) is 11.5. The van der Waals surface area contributed by atoms with Gasteiger partial charge in [0.15, 0.2) is 5.13 Å². The van der Waals surface area contributed by atoms with Crippen LogP contribution < -0.4 is 5.73 Å². The summed E-state index contributed by atoms with van der Waals surface area (Å²) in [6.45, 7) is 1.77. The topological polar surface area (TPSA) is 38.9 Å². The number of alkyl halides is 3. The van der Waals surface area contributed by atoms with Gasteiger partial charge in [0.2, 0.25) is 0 Å². The molecule has 2 rings (SSSR count). The molecule has 0 aliphatic carbocycles. The van der Waals surface area contributed by atoms with Gasteiger partial charge in [-0.2, -0.15) is 13.2 Å². The van der Waals surface area contributed by atoms with Crippen LogP contribution in [-0.2, 0) is 12.6 Å². The van der Waals surface area contributed by atoms with Crippen LogP contribution in [0.15, 0.2) is 18.2 Å². The fraction of sp³-hybridized carbons (Fsp3) is 0.250. The van der Waals surface area contributed by atoms with E-state index in [1.807, 2.05) is 0 Å². The lowest BCUT2D eigenvalue weighted by atomic mass is 10.1. The van der Waals surface area contributed by atoms with E-state index < -0.39 is 11.7 Å². The van der Waals surface area contributed by atoms with Gasteiger partial charge in [-0.25, -0.2) is 4.98 Å². The maximum absolute atomic E-state index is 12.6. The fourth-order valence-electron chi connectivity index (χ4n) is 1.67. The second-order valence-electron chi connectivity index (χ2n) is 4.04. The molecule has 102 valence electrons. The van der Waals surface area contributed by atoms with Crippen LogP contribution in [0.3, 0.4) is 0 Å². The van der Waals surface area contributed by atoms with Crippen molar-refractivity contribution >= 4 is 28.1 Å². The highest BCUT2D eigenvalue weighted by molar-refractivity contribution is 7.15. The average molecular weight is 307 g/mol. The highest BCUT2D eigenvalue weighted by Gasteiger charge is 2.30. The van der Waals surface area contributed by atoms with Gasteiger partial charge < -0.3 is 5.73 Å². The van der Waals surface area contributed by atoms with Crippen molar-refractivity contribution in [1.82, 2.24) is 4.98 Å². The molecular weight excluding hydrogens is 297 g/mol. The number of nitrogens with two attached hydrogens (primary N) is 1. The maximum atomic E-state index is 12.6. The third-order valence-corrected chi connectivity index (χ3v) is 3.99. The van der Waals surface area contributed by atoms with Crippen molar-refractivity contribution < 1.29 is 13.2 Å². The molecular formula is C12H10ClF3N2S. The van der Waals surface area contributed by atoms with Crippen LogP contribution in [-0.4, -0.2) is 4.98 Å². The Balaban J connectivity index is 2.37. The van der Waals surface area contributed by atoms with Crippen LogP contribution in [0.1, 0.15) is 21.7 Å². The third-order valence-electron chi connectivity index (χ3n) is 2.63. The van der Waals surface area contributed by atoms with E-state index in [-0.39, 0.29) is 0 Å². The van der Waals surface area contributed by atoms with Crippen LogP contribution in [0, 0.1) is 6.92 Å². The first-order chi connectivity index (χ1) is 8.77. The van der Waals surface area contributed by atoms with E-state index >= 15 is 0 Å². The number of aryl methyl sites for hydroxylation is 1. The van der Waals surface area contributed by atoms with Gasteiger partial charge in [0.1, 0.15) is 0 Å². The third kappa shape index (κ3) is 3.19. The number of thiazole rings is 1. The summed E-state index contributed by atoms with van der Waals surface area (Å²) in [7, 11) is 0. The fourth-order valence-corrected chi connectivity index (χ4v) is 2.71. The quantitative estimate of drug-likeness (QED) is 0.898. The van der Waals surface area contributed by atoms with E-state index in [1.54, 1.807) is 6.92 Å². The van der Waals surface area contributed by atoms with E-state index in [0.717, 1.165) is 22.7 Å². The Bertz CT molecular complexity index is 608. The highest BCUT2D eigenvalue weighted by atomic mass is 35.5. The predicted molar refractivity (Wildman–Crippen MR) is 70.5 cm³/mol. The molecule has 0 spiro atoms. The molecule has 0 atom stereocenters. The first kappa shape index (κ1) is 14.1. The van der Waals surface area contributed by atoms with Crippen LogP contribution in [0.2, 0.25) is 5.02 Å². The molecule has 0 aliphatic heterocycles. The summed E-state index contributed by atoms with van der Waals surface area (Å²) in [5, 5.41) is 0.704. The molecule has 0 unspecified atom stereocenters. The number of hydrogen-bond acceptors (Lipinski definition) is 3. The minimum absolute atomic E-state index is 0.295. The Morgan fingerprint density at radius 2 is 2.05 bits per heavy atom. The SMILES string of the molecule is Cc1nc(N)sc1Cc1cc(C(F)(F)F)ccc1Cl. The molecule has 19 heavy (non-hydrogen) atoms. The lowest BCUT2D eigenvalue weighted by Gasteiger charge is -2.10. The summed E-state index contributed by atoms with van der Waals surface area (Å²) in [5.41, 5.74) is 6.00. The van der Waals surface area contributed by atoms with Crippen molar-refractivity contribution in [3.8, 4) is 0 Å². The summed E-state index contributed by atoms with van der Waals surface area (Å²) in [5.74, 6) is 0. The van der Waals surface area contributed by atoms with E-state index in [0.29, 0.717) is 22.1 Å². The zero-order valence-electron chi connectivity index (χ0n) is 9.88. The van der Waals surface area contributed by atoms with Crippen LogP contribution in [0.5, 0.6) is 0 Å². The molecule has 1 aromatic carbocycles. The molecule has 0 aliphatic rings. The number of nitrogens with zero attached hydrogens (tertiary/aromatic N) is 1. The molecule has 0 bridgehead atoms. The van der Waals surface area contributed by atoms with Crippen molar-refractivity contribution in [2.45, 2.75) is 19.5 Å². The Morgan fingerprint density at radius 1 is 1.37 bits per heavy atom. The Kier molecular flexibility index (Phi) is 3.73. The largest absolute Gasteiger partial charge is 0.416 e. The van der Waals surface area contributed by atoms with Gasteiger partial charge in [-0.3, -0.25) is 0 Å². The van der Waals surface area contributed by atoms with Gasteiger partial charge in [-0.1, -0.05) is 11.6 Å². The minimum Gasteiger partial charge on any atom is -0.375 e. The number of benzene rings is 1. The summed E-state index contributed by atoms with van der Waals surface area (Å²) in [4.78, 5) is 4.86. The molecule has 1 aromatic heterocycles. The summed E-state index contributed by atoms with van der Waals surface area (Å²) >= 11 is 7.20. The van der Waals surface area contributed by atoms with Crippen LogP contribution >= 0.6 is 22.9 Å². The van der Waals surface area contributed by atoms with E-state index in [4.69, 9.17) is 17.3 Å². The summed E-state index contributed by atoms with van der Waals surface area (Å²) in [6, 6.07) is 3.30. The molecule has 2 nitrogen and oxygen atoms in total. The van der Waals surface area contributed by atoms with Gasteiger partial charge in [0.25, 0.3) is 0 Å². The Labute approximate surface area is 117 Å². The number of nitrogen functional groups attached to an aromatic ring is 1. The molecule has 0 saturated heterocycles. The summed E-state index contributed by atoms with van der Waals surface area (Å²) in [6.07, 6.45) is -4.08. The van der Waals surface area contributed by atoms with Gasteiger partial charge in [-0.15, -0.1) is 11.3 Å². The van der Waals surface area contributed by atoms with E-state index in [2.05, 4.69) is 4.98 Å². The minimum atomic E-state index is -4.37. The van der Waals surface area contributed by atoms with Crippen LogP contribution in [0.25, 0.3) is 0 Å². The number of aromatic nitrogens is 1. The van der Waals surface area contributed by atoms with Gasteiger partial charge in [-0.05, 0) is 30.7 Å². The lowest BCUT2D eigenvalue weighted by Crippen LogP contribution is -2.05. The molecule has 7 heteroatoms. The van der Waals surface area contributed by atoms with Crippen molar-refractivity contribution in [1.29, 1.82) is 0 Å². The second-order valence-corrected chi connectivity index (χ2v) is 5.56. The first-order valence-corrected chi connectivity index (χ1v) is 6.54. The predicted octanol–water partition coefficient (Wildman–Crippen LogP) is 4.30. The van der Waals surface area contributed by atoms with E-state index in [9.17, 15) is 13.2 Å². The van der Waals surface area contributed by atoms with Crippen molar-refractivity contribution in [3.05, 3.63) is 44.9 Å². The van der Waals surface area contributed by atoms with Gasteiger partial charge in [0.05, 0.1) is 11.3 Å². The number of anilines is 1. The van der Waals surface area contributed by atoms with Crippen LogP contribution in [0.4, 0.5) is 18.3 Å². The smallest absolute Gasteiger partial charge is 0.375 e. The normalized spacial score (nSPS) is 11.8. The van der Waals surface area contributed by atoms with Gasteiger partial charge in [0, 0.05) is 16.3 Å². The lowest BCUT2D eigenvalue weighted by molar-refractivity contribution is -0.137. The molecule has 0 fully saturated rings.